The molecule has 15 heteroatoms. The topological polar surface area (TPSA) is 173 Å². The molecule has 0 aromatic carbocycles. The van der Waals surface area contributed by atoms with Gasteiger partial charge in [-0.3, -0.25) is 4.79 Å². The van der Waals surface area contributed by atoms with Gasteiger partial charge in [-0.1, -0.05) is 4.98 Å². The molecular weight excluding hydrogens is 434 g/mol. The Balaban J connectivity index is 1.81. The van der Waals surface area contributed by atoms with Crippen LogP contribution < -0.4 is 5.32 Å². The second-order valence-corrected chi connectivity index (χ2v) is 6.94. The van der Waals surface area contributed by atoms with Crippen LogP contribution in [0, 0.1) is 17.0 Å². The summed E-state index contributed by atoms with van der Waals surface area (Å²) in [6.07, 6.45) is 2.62. The van der Waals surface area contributed by atoms with Crippen molar-refractivity contribution in [1.29, 1.82) is 0 Å². The molecule has 0 bridgehead atoms. The summed E-state index contributed by atoms with van der Waals surface area (Å²) in [6, 6.07) is 1.40. The number of anilines is 1. The quantitative estimate of drug-likeness (QED) is 0.312. The van der Waals surface area contributed by atoms with Crippen molar-refractivity contribution in [1.82, 2.24) is 24.5 Å². The molecule has 3 aromatic heterocycles. The van der Waals surface area contributed by atoms with Gasteiger partial charge in [-0.2, -0.15) is 9.78 Å². The monoisotopic (exact) mass is 449 g/mol. The summed E-state index contributed by atoms with van der Waals surface area (Å²) in [5.41, 5.74) is 0.351. The molecule has 3 rings (SSSR count). The van der Waals surface area contributed by atoms with Crippen LogP contribution in [0.4, 0.5) is 10.9 Å². The largest absolute Gasteiger partial charge is 0.491 e. The van der Waals surface area contributed by atoms with Crippen molar-refractivity contribution in [2.45, 2.75) is 13.6 Å². The number of aromatic nitrogens is 5. The smallest absolute Gasteiger partial charge is 0.465 e. The maximum absolute atomic E-state index is 12.6. The zero-order valence-electron chi connectivity index (χ0n) is 16.4. The summed E-state index contributed by atoms with van der Waals surface area (Å²) in [7, 11) is 2.38. The zero-order valence-corrected chi connectivity index (χ0v) is 17.2. The molecule has 3 aromatic rings. The van der Waals surface area contributed by atoms with Crippen molar-refractivity contribution in [2.75, 3.05) is 19.5 Å². The molecule has 0 atom stereocenters. The Bertz CT molecular complexity index is 1180. The Hall–Kier alpha value is -4.14. The van der Waals surface area contributed by atoms with Gasteiger partial charge in [0, 0.05) is 11.3 Å². The molecule has 0 aliphatic rings. The van der Waals surface area contributed by atoms with Crippen LogP contribution >= 0.6 is 11.3 Å². The Morgan fingerprint density at radius 3 is 2.52 bits per heavy atom. The maximum Gasteiger partial charge on any atom is 0.491 e. The van der Waals surface area contributed by atoms with Crippen molar-refractivity contribution in [3.05, 3.63) is 50.4 Å². The van der Waals surface area contributed by atoms with Crippen LogP contribution in [0.3, 0.4) is 0 Å². The van der Waals surface area contributed by atoms with E-state index in [1.165, 1.54) is 42.8 Å². The molecule has 0 spiro atoms. The van der Waals surface area contributed by atoms with E-state index >= 15 is 0 Å². The van der Waals surface area contributed by atoms with E-state index < -0.39 is 28.7 Å². The molecule has 31 heavy (non-hydrogen) atoms. The van der Waals surface area contributed by atoms with Crippen molar-refractivity contribution in [3.63, 3.8) is 0 Å². The predicted molar refractivity (Wildman–Crippen MR) is 104 cm³/mol. The fraction of sp³-hybridized carbons (Fsp3) is 0.250. The van der Waals surface area contributed by atoms with E-state index in [1.54, 1.807) is 0 Å². The summed E-state index contributed by atoms with van der Waals surface area (Å²) >= 11 is 0.872. The van der Waals surface area contributed by atoms with Gasteiger partial charge in [0.1, 0.15) is 9.88 Å². The van der Waals surface area contributed by atoms with Gasteiger partial charge in [-0.05, 0) is 23.5 Å². The van der Waals surface area contributed by atoms with Crippen LogP contribution in [0.2, 0.25) is 0 Å². The third kappa shape index (κ3) is 4.40. The average molecular weight is 449 g/mol. The first-order chi connectivity index (χ1) is 14.7. The van der Waals surface area contributed by atoms with Gasteiger partial charge in [0.15, 0.2) is 12.4 Å². The van der Waals surface area contributed by atoms with Crippen molar-refractivity contribution < 1.29 is 28.8 Å². The van der Waals surface area contributed by atoms with Crippen LogP contribution in [0.25, 0.3) is 0 Å². The summed E-state index contributed by atoms with van der Waals surface area (Å²) in [5.74, 6) is -2.59. The van der Waals surface area contributed by atoms with E-state index in [0.717, 1.165) is 17.7 Å². The number of thiophene rings is 1. The Kier molecular flexibility index (Phi) is 6.05. The lowest BCUT2D eigenvalue weighted by Crippen LogP contribution is -2.16. The van der Waals surface area contributed by atoms with E-state index in [0.29, 0.717) is 5.56 Å². The number of hydrogen-bond donors (Lipinski definition) is 1. The second-order valence-electron chi connectivity index (χ2n) is 5.92. The number of esters is 2. The first kappa shape index (κ1) is 21.6. The number of carbonyl (C=O) groups is 3. The minimum Gasteiger partial charge on any atom is -0.465 e. The second kappa shape index (κ2) is 8.70. The van der Waals surface area contributed by atoms with E-state index in [1.807, 2.05) is 0 Å². The fourth-order valence-electron chi connectivity index (χ4n) is 2.55. The van der Waals surface area contributed by atoms with Gasteiger partial charge in [-0.15, -0.1) is 11.3 Å². The number of methoxy groups -OCH3 is 2. The summed E-state index contributed by atoms with van der Waals surface area (Å²) < 4.78 is 11.9. The highest BCUT2D eigenvalue weighted by Gasteiger charge is 2.27. The molecule has 0 aliphatic heterocycles. The van der Waals surface area contributed by atoms with Gasteiger partial charge in [0.2, 0.25) is 6.33 Å². The van der Waals surface area contributed by atoms with E-state index in [2.05, 4.69) is 20.5 Å². The van der Waals surface area contributed by atoms with Crippen molar-refractivity contribution in [3.8, 4) is 0 Å². The zero-order chi connectivity index (χ0) is 22.7. The molecule has 0 saturated carbocycles. The Labute approximate surface area is 177 Å². The van der Waals surface area contributed by atoms with Crippen LogP contribution in [0.1, 0.15) is 36.1 Å². The van der Waals surface area contributed by atoms with E-state index in [-0.39, 0.29) is 27.8 Å². The van der Waals surface area contributed by atoms with Crippen LogP contribution in [0.5, 0.6) is 0 Å². The molecule has 14 nitrogen and oxygen atoms in total. The van der Waals surface area contributed by atoms with Crippen molar-refractivity contribution in [2.24, 2.45) is 0 Å². The van der Waals surface area contributed by atoms with Crippen LogP contribution in [0.15, 0.2) is 18.6 Å². The molecule has 1 amide bonds. The maximum atomic E-state index is 12.6. The normalized spacial score (nSPS) is 10.5. The number of amides is 1. The lowest BCUT2D eigenvalue weighted by atomic mass is 10.1. The summed E-state index contributed by atoms with van der Waals surface area (Å²) in [4.78, 5) is 50.3. The lowest BCUT2D eigenvalue weighted by molar-refractivity contribution is -0.394. The first-order valence-electron chi connectivity index (χ1n) is 8.43. The molecule has 3 heterocycles. The van der Waals surface area contributed by atoms with Gasteiger partial charge in [0.05, 0.1) is 19.8 Å². The Morgan fingerprint density at radius 1 is 1.19 bits per heavy atom. The third-order valence-corrected chi connectivity index (χ3v) is 5.17. The van der Waals surface area contributed by atoms with Gasteiger partial charge in [-0.25, -0.2) is 14.3 Å². The number of nitro groups is 1. The highest BCUT2D eigenvalue weighted by Crippen LogP contribution is 2.34. The van der Waals surface area contributed by atoms with E-state index in [9.17, 15) is 24.5 Å². The minimum atomic E-state index is -0.733. The molecule has 0 fully saturated rings. The molecule has 0 aliphatic carbocycles. The highest BCUT2D eigenvalue weighted by molar-refractivity contribution is 7.18. The molecule has 0 unspecified atom stereocenters. The number of ether oxygens (including phenoxy) is 2. The molecule has 0 radical (unpaired) electrons. The van der Waals surface area contributed by atoms with Gasteiger partial charge in [0.25, 0.3) is 5.91 Å². The van der Waals surface area contributed by atoms with E-state index in [4.69, 9.17) is 9.47 Å². The number of hydrogen-bond acceptors (Lipinski definition) is 11. The number of nitrogens with one attached hydrogen (secondary N) is 1. The lowest BCUT2D eigenvalue weighted by Gasteiger charge is -2.04. The SMILES string of the molecule is COC(=O)c1sc(NC(=O)c2ccn(Cn3cnc([N+](=O)[O-])n3)n2)c(C(=O)OC)c1C. The van der Waals surface area contributed by atoms with Gasteiger partial charge >= 0.3 is 17.9 Å². The van der Waals surface area contributed by atoms with Crippen LogP contribution in [-0.2, 0) is 16.1 Å². The summed E-state index contributed by atoms with van der Waals surface area (Å²) in [6.45, 7) is 1.52. The van der Waals surface area contributed by atoms with Crippen molar-refractivity contribution >= 4 is 40.1 Å². The fourth-order valence-corrected chi connectivity index (χ4v) is 3.66. The Morgan fingerprint density at radius 2 is 1.90 bits per heavy atom. The predicted octanol–water partition coefficient (Wildman–Crippen LogP) is 1.08. The van der Waals surface area contributed by atoms with Crippen LogP contribution in [-0.4, -0.2) is 61.5 Å². The summed E-state index contributed by atoms with van der Waals surface area (Å²) in [5, 5.41) is 21.0. The number of carbonyl (C=O) groups excluding carboxylic acids is 3. The average Bonchev–Trinajstić information content (AvgIpc) is 3.47. The number of rotatable bonds is 7. The minimum absolute atomic E-state index is 0.00361. The molecule has 162 valence electrons. The number of nitrogens with zero attached hydrogens (tertiary/aromatic N) is 6. The standard InChI is InChI=1S/C16H15N7O7S/c1-8-10(14(25)29-2)13(31-11(8)15(26)30-3)18-12(24)9-4-5-21(19-9)7-22-6-17-16(20-22)23(27)28/h4-6H,7H2,1-3H3,(H,18,24). The molecule has 0 saturated heterocycles. The molecule has 1 N–H and O–H groups in total. The first-order valence-corrected chi connectivity index (χ1v) is 9.25. The molecular formula is C16H15N7O7S. The third-order valence-electron chi connectivity index (χ3n) is 3.98. The van der Waals surface area contributed by atoms with Gasteiger partial charge < -0.3 is 24.9 Å². The highest BCUT2D eigenvalue weighted by atomic mass is 32.1.